The van der Waals surface area contributed by atoms with E-state index in [1.54, 1.807) is 37.5 Å². The summed E-state index contributed by atoms with van der Waals surface area (Å²) >= 11 is 1.26. The molecule has 1 saturated heterocycles. The molecule has 0 aromatic heterocycles. The number of hydrogen-bond acceptors (Lipinski definition) is 6. The van der Waals surface area contributed by atoms with Gasteiger partial charge in [0, 0.05) is 0 Å². The second-order valence-electron chi connectivity index (χ2n) is 7.24. The average molecular weight is 479 g/mol. The second-order valence-corrected chi connectivity index (χ2v) is 8.27. The van der Waals surface area contributed by atoms with Crippen LogP contribution >= 0.6 is 11.8 Å². The Balaban J connectivity index is 1.45. The van der Waals surface area contributed by atoms with E-state index in [2.05, 4.69) is 10.3 Å². The molecule has 1 heterocycles. The predicted molar refractivity (Wildman–Crippen MR) is 132 cm³/mol. The van der Waals surface area contributed by atoms with Gasteiger partial charge in [-0.05, 0) is 84.4 Å². The number of benzene rings is 3. The van der Waals surface area contributed by atoms with Crippen LogP contribution in [0.4, 0.5) is 10.1 Å². The molecule has 1 N–H and O–H groups in total. The number of halogens is 1. The molecule has 1 aliphatic heterocycles. The number of ether oxygens (including phenoxy) is 3. The number of nitrogens with zero attached hydrogens (tertiary/aromatic N) is 1. The van der Waals surface area contributed by atoms with Crippen LogP contribution in [0.5, 0.6) is 17.2 Å². The number of nitrogens with one attached hydrogen (secondary N) is 1. The first-order valence-corrected chi connectivity index (χ1v) is 11.4. The standard InChI is InChI=1S/C26H23FN2O4S/c1-3-32-21-10-8-20(9-11-21)28-26-29-25(30)24(34-26)15-17-7-12-22(23(14-17)31-2)33-16-18-5-4-6-19(27)13-18/h4-15H,3,16H2,1-2H3,(H,28,29,30)/b24-15+. The number of carbonyl (C=O) groups excluding carboxylic acids is 1. The van der Waals surface area contributed by atoms with Crippen molar-refractivity contribution in [3.63, 3.8) is 0 Å². The van der Waals surface area contributed by atoms with Crippen LogP contribution in [-0.2, 0) is 11.4 Å². The van der Waals surface area contributed by atoms with Crippen molar-refractivity contribution in [1.29, 1.82) is 0 Å². The monoisotopic (exact) mass is 478 g/mol. The van der Waals surface area contributed by atoms with Crippen molar-refractivity contribution < 1.29 is 23.4 Å². The summed E-state index contributed by atoms with van der Waals surface area (Å²) < 4.78 is 30.1. The van der Waals surface area contributed by atoms with Gasteiger partial charge in [0.2, 0.25) is 0 Å². The lowest BCUT2D eigenvalue weighted by Gasteiger charge is -2.11. The molecule has 1 aliphatic rings. The van der Waals surface area contributed by atoms with E-state index in [0.717, 1.165) is 11.3 Å². The van der Waals surface area contributed by atoms with Crippen LogP contribution in [0.2, 0.25) is 0 Å². The molecule has 0 unspecified atom stereocenters. The summed E-state index contributed by atoms with van der Waals surface area (Å²) in [5.74, 6) is 1.27. The normalized spacial score (nSPS) is 15.4. The predicted octanol–water partition coefficient (Wildman–Crippen LogP) is 5.70. The van der Waals surface area contributed by atoms with Gasteiger partial charge in [0.1, 0.15) is 18.2 Å². The number of hydrogen-bond donors (Lipinski definition) is 1. The third-order valence-electron chi connectivity index (χ3n) is 4.80. The van der Waals surface area contributed by atoms with Crippen LogP contribution in [-0.4, -0.2) is 24.8 Å². The van der Waals surface area contributed by atoms with Crippen LogP contribution in [0.3, 0.4) is 0 Å². The van der Waals surface area contributed by atoms with Gasteiger partial charge in [0.05, 0.1) is 24.3 Å². The van der Waals surface area contributed by atoms with Gasteiger partial charge in [-0.3, -0.25) is 4.79 Å². The van der Waals surface area contributed by atoms with Gasteiger partial charge in [-0.15, -0.1) is 0 Å². The minimum Gasteiger partial charge on any atom is -0.494 e. The van der Waals surface area contributed by atoms with Crippen LogP contribution in [0, 0.1) is 5.82 Å². The Kier molecular flexibility index (Phi) is 7.49. The molecule has 0 atom stereocenters. The average Bonchev–Trinajstić information content (AvgIpc) is 3.18. The SMILES string of the molecule is CCOc1ccc(N=C2NC(=O)/C(=C\c3ccc(OCc4cccc(F)c4)c(OC)c3)S2)cc1. The Hall–Kier alpha value is -3.78. The van der Waals surface area contributed by atoms with Crippen LogP contribution < -0.4 is 19.5 Å². The maximum Gasteiger partial charge on any atom is 0.264 e. The maximum atomic E-state index is 13.4. The molecule has 8 heteroatoms. The highest BCUT2D eigenvalue weighted by Gasteiger charge is 2.24. The Morgan fingerprint density at radius 3 is 2.59 bits per heavy atom. The van der Waals surface area contributed by atoms with Gasteiger partial charge < -0.3 is 19.5 Å². The van der Waals surface area contributed by atoms with Crippen molar-refractivity contribution in [3.05, 3.63) is 88.6 Å². The summed E-state index contributed by atoms with van der Waals surface area (Å²) in [5.41, 5.74) is 2.20. The third kappa shape index (κ3) is 5.96. The van der Waals surface area contributed by atoms with Crippen LogP contribution in [0.25, 0.3) is 6.08 Å². The van der Waals surface area contributed by atoms with Crippen molar-refractivity contribution in [2.45, 2.75) is 13.5 Å². The van der Waals surface area contributed by atoms with E-state index in [4.69, 9.17) is 14.2 Å². The number of thioether (sulfide) groups is 1. The van der Waals surface area contributed by atoms with E-state index in [1.165, 1.54) is 23.9 Å². The molecule has 174 valence electrons. The molecule has 4 rings (SSSR count). The quantitative estimate of drug-likeness (QED) is 0.421. The molecule has 34 heavy (non-hydrogen) atoms. The zero-order valence-electron chi connectivity index (χ0n) is 18.7. The number of rotatable bonds is 8. The van der Waals surface area contributed by atoms with E-state index >= 15 is 0 Å². The number of methoxy groups -OCH3 is 1. The lowest BCUT2D eigenvalue weighted by Crippen LogP contribution is -2.19. The fraction of sp³-hybridized carbons (Fsp3) is 0.154. The van der Waals surface area contributed by atoms with Crippen molar-refractivity contribution in [2.24, 2.45) is 4.99 Å². The van der Waals surface area contributed by atoms with Crippen molar-refractivity contribution >= 4 is 34.6 Å². The summed E-state index contributed by atoms with van der Waals surface area (Å²) in [5, 5.41) is 3.29. The van der Waals surface area contributed by atoms with Crippen molar-refractivity contribution in [2.75, 3.05) is 13.7 Å². The Bertz CT molecular complexity index is 1240. The Morgan fingerprint density at radius 1 is 1.03 bits per heavy atom. The molecule has 1 amide bonds. The fourth-order valence-electron chi connectivity index (χ4n) is 3.21. The summed E-state index contributed by atoms with van der Waals surface area (Å²) in [6, 6.07) is 18.9. The van der Waals surface area contributed by atoms with E-state index in [9.17, 15) is 9.18 Å². The minimum atomic E-state index is -0.312. The molecule has 0 radical (unpaired) electrons. The molecule has 6 nitrogen and oxygen atoms in total. The zero-order chi connectivity index (χ0) is 23.9. The van der Waals surface area contributed by atoms with Gasteiger partial charge in [0.25, 0.3) is 5.91 Å². The van der Waals surface area contributed by atoms with Gasteiger partial charge >= 0.3 is 0 Å². The largest absolute Gasteiger partial charge is 0.494 e. The topological polar surface area (TPSA) is 69.2 Å². The van der Waals surface area contributed by atoms with E-state index in [1.807, 2.05) is 37.3 Å². The highest BCUT2D eigenvalue weighted by molar-refractivity contribution is 8.18. The molecule has 3 aromatic carbocycles. The molecule has 0 spiro atoms. The van der Waals surface area contributed by atoms with Crippen LogP contribution in [0.1, 0.15) is 18.1 Å². The minimum absolute atomic E-state index is 0.207. The molecule has 3 aromatic rings. The first kappa shape index (κ1) is 23.4. The molecule has 0 bridgehead atoms. The van der Waals surface area contributed by atoms with Gasteiger partial charge in [-0.25, -0.2) is 9.38 Å². The fourth-order valence-corrected chi connectivity index (χ4v) is 4.06. The van der Waals surface area contributed by atoms with Gasteiger partial charge in [0.15, 0.2) is 16.7 Å². The zero-order valence-corrected chi connectivity index (χ0v) is 19.5. The lowest BCUT2D eigenvalue weighted by molar-refractivity contribution is -0.115. The number of amidine groups is 1. The summed E-state index contributed by atoms with van der Waals surface area (Å²) in [4.78, 5) is 17.4. The summed E-state index contributed by atoms with van der Waals surface area (Å²) in [6.45, 7) is 2.73. The van der Waals surface area contributed by atoms with E-state index in [-0.39, 0.29) is 18.3 Å². The molecular formula is C26H23FN2O4S. The molecule has 0 saturated carbocycles. The number of amides is 1. The summed E-state index contributed by atoms with van der Waals surface area (Å²) in [6.07, 6.45) is 1.76. The van der Waals surface area contributed by atoms with E-state index < -0.39 is 0 Å². The summed E-state index contributed by atoms with van der Waals surface area (Å²) in [7, 11) is 1.54. The van der Waals surface area contributed by atoms with Gasteiger partial charge in [-0.1, -0.05) is 18.2 Å². The number of aliphatic imine (C=N–C) groups is 1. The third-order valence-corrected chi connectivity index (χ3v) is 5.71. The first-order valence-electron chi connectivity index (χ1n) is 10.6. The molecule has 1 fully saturated rings. The highest BCUT2D eigenvalue weighted by atomic mass is 32.2. The Morgan fingerprint density at radius 2 is 1.85 bits per heavy atom. The van der Waals surface area contributed by atoms with E-state index in [0.29, 0.717) is 39.4 Å². The number of carbonyl (C=O) groups is 1. The van der Waals surface area contributed by atoms with Gasteiger partial charge in [-0.2, -0.15) is 0 Å². The lowest BCUT2D eigenvalue weighted by atomic mass is 10.2. The smallest absolute Gasteiger partial charge is 0.264 e. The Labute approximate surface area is 201 Å². The first-order chi connectivity index (χ1) is 16.5. The molecular weight excluding hydrogens is 455 g/mol. The van der Waals surface area contributed by atoms with Crippen LogP contribution in [0.15, 0.2) is 76.6 Å². The van der Waals surface area contributed by atoms with Crippen molar-refractivity contribution in [3.8, 4) is 17.2 Å². The maximum absolute atomic E-state index is 13.4. The molecule has 0 aliphatic carbocycles. The van der Waals surface area contributed by atoms with Crippen molar-refractivity contribution in [1.82, 2.24) is 5.32 Å². The second kappa shape index (κ2) is 10.9. The highest BCUT2D eigenvalue weighted by Crippen LogP contribution is 2.33.